The number of nitrogens with two attached hydrogens (primary N) is 1. The maximum Gasteiger partial charge on any atom is 0.330 e. The van der Waals surface area contributed by atoms with Gasteiger partial charge in [0.25, 0.3) is 0 Å². The normalized spacial score (nSPS) is 11.0. The van der Waals surface area contributed by atoms with Crippen molar-refractivity contribution < 1.29 is 4.74 Å². The highest BCUT2D eigenvalue weighted by atomic mass is 35.5. The zero-order valence-electron chi connectivity index (χ0n) is 12.1. The van der Waals surface area contributed by atoms with Gasteiger partial charge in [-0.3, -0.25) is 9.13 Å². The SMILES string of the molecule is COc1ccc(Cn2c(=O)n(C)c3c(Cl)nc(N)nc32)cc1. The fourth-order valence-electron chi connectivity index (χ4n) is 2.33. The summed E-state index contributed by atoms with van der Waals surface area (Å²) in [5.41, 5.74) is 7.23. The van der Waals surface area contributed by atoms with Crippen molar-refractivity contribution in [3.8, 4) is 5.75 Å². The minimum Gasteiger partial charge on any atom is -0.497 e. The quantitative estimate of drug-likeness (QED) is 0.738. The number of methoxy groups -OCH3 is 1. The number of aryl methyl sites for hydroxylation is 1. The van der Waals surface area contributed by atoms with E-state index < -0.39 is 0 Å². The van der Waals surface area contributed by atoms with E-state index in [2.05, 4.69) is 9.97 Å². The van der Waals surface area contributed by atoms with Crippen molar-refractivity contribution in [2.45, 2.75) is 6.54 Å². The van der Waals surface area contributed by atoms with E-state index in [-0.39, 0.29) is 16.8 Å². The van der Waals surface area contributed by atoms with Gasteiger partial charge in [0.1, 0.15) is 11.3 Å². The van der Waals surface area contributed by atoms with E-state index in [9.17, 15) is 4.79 Å². The lowest BCUT2D eigenvalue weighted by molar-refractivity contribution is 0.414. The first-order chi connectivity index (χ1) is 10.5. The van der Waals surface area contributed by atoms with Gasteiger partial charge in [0.15, 0.2) is 10.8 Å². The van der Waals surface area contributed by atoms with E-state index in [1.54, 1.807) is 14.2 Å². The van der Waals surface area contributed by atoms with E-state index in [1.807, 2.05) is 24.3 Å². The molecule has 3 rings (SSSR count). The predicted octanol–water partition coefficient (Wildman–Crippen LogP) is 1.42. The van der Waals surface area contributed by atoms with Gasteiger partial charge in [0.05, 0.1) is 13.7 Å². The molecule has 0 aliphatic rings. The number of ether oxygens (including phenoxy) is 1. The van der Waals surface area contributed by atoms with Gasteiger partial charge in [-0.25, -0.2) is 4.79 Å². The van der Waals surface area contributed by atoms with Crippen LogP contribution in [0, 0.1) is 0 Å². The molecule has 0 unspecified atom stereocenters. The molecule has 0 bridgehead atoms. The number of hydrogen-bond donors (Lipinski definition) is 1. The summed E-state index contributed by atoms with van der Waals surface area (Å²) in [6.45, 7) is 0.354. The van der Waals surface area contributed by atoms with Crippen LogP contribution in [0.1, 0.15) is 5.56 Å². The van der Waals surface area contributed by atoms with Crippen LogP contribution in [0.4, 0.5) is 5.95 Å². The molecule has 0 amide bonds. The second-order valence-corrected chi connectivity index (χ2v) is 5.18. The van der Waals surface area contributed by atoms with Crippen LogP contribution in [0.2, 0.25) is 5.15 Å². The molecule has 0 saturated carbocycles. The number of rotatable bonds is 3. The molecule has 114 valence electrons. The number of nitrogens with zero attached hydrogens (tertiary/aromatic N) is 4. The van der Waals surface area contributed by atoms with Gasteiger partial charge in [-0.2, -0.15) is 9.97 Å². The van der Waals surface area contributed by atoms with Gasteiger partial charge in [0, 0.05) is 7.05 Å². The largest absolute Gasteiger partial charge is 0.497 e. The Kier molecular flexibility index (Phi) is 3.50. The molecule has 0 spiro atoms. The van der Waals surface area contributed by atoms with Crippen molar-refractivity contribution >= 4 is 28.7 Å². The number of benzene rings is 1. The average Bonchev–Trinajstić information content (AvgIpc) is 2.73. The summed E-state index contributed by atoms with van der Waals surface area (Å²) in [6, 6.07) is 7.44. The first kappa shape index (κ1) is 14.4. The summed E-state index contributed by atoms with van der Waals surface area (Å²) in [5.74, 6) is 0.787. The monoisotopic (exact) mass is 319 g/mol. The Labute approximate surface area is 130 Å². The van der Waals surface area contributed by atoms with Crippen LogP contribution in [-0.4, -0.2) is 26.2 Å². The first-order valence-corrected chi connectivity index (χ1v) is 6.90. The van der Waals surface area contributed by atoms with Gasteiger partial charge in [0.2, 0.25) is 5.95 Å². The molecular weight excluding hydrogens is 306 g/mol. The lowest BCUT2D eigenvalue weighted by Crippen LogP contribution is -2.22. The van der Waals surface area contributed by atoms with Gasteiger partial charge in [-0.15, -0.1) is 0 Å². The minimum atomic E-state index is -0.229. The topological polar surface area (TPSA) is 88.0 Å². The van der Waals surface area contributed by atoms with Gasteiger partial charge >= 0.3 is 5.69 Å². The van der Waals surface area contributed by atoms with Gasteiger partial charge in [-0.05, 0) is 17.7 Å². The van der Waals surface area contributed by atoms with E-state index in [0.717, 1.165) is 11.3 Å². The van der Waals surface area contributed by atoms with Crippen LogP contribution in [0.3, 0.4) is 0 Å². The molecular formula is C14H14ClN5O2. The maximum absolute atomic E-state index is 12.4. The smallest absolute Gasteiger partial charge is 0.330 e. The first-order valence-electron chi connectivity index (χ1n) is 6.52. The molecule has 0 fully saturated rings. The van der Waals surface area contributed by atoms with Crippen molar-refractivity contribution in [2.24, 2.45) is 7.05 Å². The van der Waals surface area contributed by atoms with Crippen LogP contribution in [0.25, 0.3) is 11.2 Å². The van der Waals surface area contributed by atoms with E-state index in [1.165, 1.54) is 9.13 Å². The zero-order chi connectivity index (χ0) is 15.9. The molecule has 3 aromatic rings. The summed E-state index contributed by atoms with van der Waals surface area (Å²) in [7, 11) is 3.23. The predicted molar refractivity (Wildman–Crippen MR) is 84.3 cm³/mol. The lowest BCUT2D eigenvalue weighted by Gasteiger charge is -2.05. The third kappa shape index (κ3) is 2.29. The Bertz CT molecular complexity index is 898. The Balaban J connectivity index is 2.14. The fraction of sp³-hybridized carbons (Fsp3) is 0.214. The maximum atomic E-state index is 12.4. The number of halogens is 1. The van der Waals surface area contributed by atoms with Crippen molar-refractivity contribution in [1.82, 2.24) is 19.1 Å². The molecule has 2 heterocycles. The van der Waals surface area contributed by atoms with Crippen LogP contribution in [0.15, 0.2) is 29.1 Å². The van der Waals surface area contributed by atoms with Crippen molar-refractivity contribution in [3.63, 3.8) is 0 Å². The van der Waals surface area contributed by atoms with E-state index >= 15 is 0 Å². The second kappa shape index (κ2) is 5.34. The third-order valence-electron chi connectivity index (χ3n) is 3.45. The van der Waals surface area contributed by atoms with E-state index in [0.29, 0.717) is 17.7 Å². The molecule has 8 heteroatoms. The van der Waals surface area contributed by atoms with Gasteiger partial charge in [-0.1, -0.05) is 23.7 Å². The molecule has 2 N–H and O–H groups in total. The number of imidazole rings is 1. The Morgan fingerprint density at radius 3 is 2.59 bits per heavy atom. The van der Waals surface area contributed by atoms with E-state index in [4.69, 9.17) is 22.1 Å². The minimum absolute atomic E-state index is 0.0339. The highest BCUT2D eigenvalue weighted by Gasteiger charge is 2.17. The highest BCUT2D eigenvalue weighted by Crippen LogP contribution is 2.21. The highest BCUT2D eigenvalue weighted by molar-refractivity contribution is 6.33. The van der Waals surface area contributed by atoms with Gasteiger partial charge < -0.3 is 10.5 Å². The third-order valence-corrected chi connectivity index (χ3v) is 3.71. The average molecular weight is 320 g/mol. The summed E-state index contributed by atoms with van der Waals surface area (Å²) in [4.78, 5) is 20.5. The summed E-state index contributed by atoms with van der Waals surface area (Å²) in [6.07, 6.45) is 0. The standard InChI is InChI=1S/C14H14ClN5O2/c1-19-10-11(15)17-13(16)18-12(10)20(14(19)21)7-8-3-5-9(22-2)6-4-8/h3-6H,7H2,1-2H3,(H2,16,17,18). The summed E-state index contributed by atoms with van der Waals surface area (Å²) < 4.78 is 8.05. The fourth-order valence-corrected chi connectivity index (χ4v) is 2.63. The molecule has 1 aromatic carbocycles. The summed E-state index contributed by atoms with van der Waals surface area (Å²) >= 11 is 6.07. The number of nitrogen functional groups attached to an aromatic ring is 1. The Morgan fingerprint density at radius 1 is 1.27 bits per heavy atom. The number of anilines is 1. The van der Waals surface area contributed by atoms with Crippen molar-refractivity contribution in [1.29, 1.82) is 0 Å². The van der Waals surface area contributed by atoms with Crippen LogP contribution >= 0.6 is 11.6 Å². The molecule has 0 radical (unpaired) electrons. The lowest BCUT2D eigenvalue weighted by atomic mass is 10.2. The molecule has 7 nitrogen and oxygen atoms in total. The van der Waals surface area contributed by atoms with Crippen LogP contribution in [0.5, 0.6) is 5.75 Å². The zero-order valence-corrected chi connectivity index (χ0v) is 12.8. The molecule has 2 aromatic heterocycles. The van der Waals surface area contributed by atoms with Crippen LogP contribution in [-0.2, 0) is 13.6 Å². The van der Waals surface area contributed by atoms with Crippen molar-refractivity contribution in [2.75, 3.05) is 12.8 Å². The summed E-state index contributed by atoms with van der Waals surface area (Å²) in [5, 5.41) is 0.163. The number of hydrogen-bond acceptors (Lipinski definition) is 5. The van der Waals surface area contributed by atoms with Crippen LogP contribution < -0.4 is 16.2 Å². The molecule has 0 atom stereocenters. The second-order valence-electron chi connectivity index (χ2n) is 4.82. The molecule has 0 saturated heterocycles. The number of fused-ring (bicyclic) bond motifs is 1. The molecule has 22 heavy (non-hydrogen) atoms. The Hall–Kier alpha value is -2.54. The molecule has 0 aliphatic carbocycles. The number of aromatic nitrogens is 4. The van der Waals surface area contributed by atoms with Crippen molar-refractivity contribution in [3.05, 3.63) is 45.5 Å². The Morgan fingerprint density at radius 2 is 1.95 bits per heavy atom. The molecule has 0 aliphatic heterocycles.